The van der Waals surface area contributed by atoms with Gasteiger partial charge in [-0.1, -0.05) is 12.2 Å². The summed E-state index contributed by atoms with van der Waals surface area (Å²) in [7, 11) is 0. The molecule has 1 saturated heterocycles. The van der Waals surface area contributed by atoms with Crippen LogP contribution in [0.1, 0.15) is 12.8 Å². The summed E-state index contributed by atoms with van der Waals surface area (Å²) in [6.45, 7) is 1.34. The summed E-state index contributed by atoms with van der Waals surface area (Å²) in [5.41, 5.74) is 5.72. The third-order valence-corrected chi connectivity index (χ3v) is 3.42. The fourth-order valence-electron chi connectivity index (χ4n) is 2.34. The minimum absolute atomic E-state index is 0.229. The minimum Gasteiger partial charge on any atom is -0.465 e. The first-order valence-corrected chi connectivity index (χ1v) is 4.70. The van der Waals surface area contributed by atoms with E-state index in [1.807, 2.05) is 0 Å². The van der Waals surface area contributed by atoms with Gasteiger partial charge in [0, 0.05) is 24.4 Å². The van der Waals surface area contributed by atoms with Gasteiger partial charge in [0.25, 0.3) is 0 Å². The molecule has 4 nitrogen and oxygen atoms in total. The largest absolute Gasteiger partial charge is 0.465 e. The Labute approximate surface area is 81.7 Å². The van der Waals surface area contributed by atoms with Crippen molar-refractivity contribution in [1.29, 1.82) is 0 Å². The highest BCUT2D eigenvalue weighted by molar-refractivity contribution is 7.80. The van der Waals surface area contributed by atoms with Gasteiger partial charge in [0.2, 0.25) is 0 Å². The van der Waals surface area contributed by atoms with E-state index in [1.165, 1.54) is 4.90 Å². The molecule has 2 fully saturated rings. The van der Waals surface area contributed by atoms with Crippen molar-refractivity contribution in [3.05, 3.63) is 0 Å². The zero-order valence-corrected chi connectivity index (χ0v) is 8.01. The monoisotopic (exact) mass is 200 g/mol. The number of nitrogens with zero attached hydrogens (tertiary/aromatic N) is 1. The number of thiocarbonyl (C=S) groups is 1. The van der Waals surface area contributed by atoms with Crippen molar-refractivity contribution in [3.8, 4) is 0 Å². The van der Waals surface area contributed by atoms with E-state index in [-0.39, 0.29) is 5.41 Å². The fraction of sp³-hybridized carbons (Fsp3) is 0.750. The minimum atomic E-state index is -0.815. The molecule has 3 N–H and O–H groups in total. The lowest BCUT2D eigenvalue weighted by atomic mass is 9.58. The van der Waals surface area contributed by atoms with Crippen LogP contribution in [0.5, 0.6) is 0 Å². The van der Waals surface area contributed by atoms with Crippen molar-refractivity contribution in [2.45, 2.75) is 12.8 Å². The van der Waals surface area contributed by atoms with E-state index in [1.54, 1.807) is 0 Å². The first kappa shape index (κ1) is 8.74. The normalized spacial score (nSPS) is 25.1. The Morgan fingerprint density at radius 1 is 1.54 bits per heavy atom. The van der Waals surface area contributed by atoms with Gasteiger partial charge in [-0.15, -0.1) is 0 Å². The van der Waals surface area contributed by atoms with Crippen LogP contribution in [-0.4, -0.2) is 34.2 Å². The zero-order chi connectivity index (χ0) is 9.64. The van der Waals surface area contributed by atoms with E-state index >= 15 is 0 Å². The standard InChI is InChI=1S/C8H12N2O2S/c9-6(13)5-1-8(2-5)3-10(4-8)7(11)12/h5H,1-4H2,(H2,9,13)(H,11,12). The third-order valence-electron chi connectivity index (χ3n) is 3.08. The first-order valence-electron chi connectivity index (χ1n) is 4.30. The Morgan fingerprint density at radius 3 is 2.46 bits per heavy atom. The number of hydrogen-bond donors (Lipinski definition) is 2. The van der Waals surface area contributed by atoms with Gasteiger partial charge in [0.05, 0.1) is 4.99 Å². The Morgan fingerprint density at radius 2 is 2.08 bits per heavy atom. The van der Waals surface area contributed by atoms with Crippen LogP contribution in [0.2, 0.25) is 0 Å². The van der Waals surface area contributed by atoms with Crippen LogP contribution in [0.15, 0.2) is 0 Å². The fourth-order valence-corrected chi connectivity index (χ4v) is 2.51. The van der Waals surface area contributed by atoms with E-state index in [9.17, 15) is 4.79 Å². The lowest BCUT2D eigenvalue weighted by Gasteiger charge is -2.57. The molecule has 1 heterocycles. The molecule has 1 amide bonds. The summed E-state index contributed by atoms with van der Waals surface area (Å²) in [5.74, 6) is 0.353. The molecule has 2 rings (SSSR count). The zero-order valence-electron chi connectivity index (χ0n) is 7.19. The van der Waals surface area contributed by atoms with Crippen molar-refractivity contribution in [2.24, 2.45) is 17.1 Å². The maximum atomic E-state index is 10.5. The van der Waals surface area contributed by atoms with Gasteiger partial charge >= 0.3 is 6.09 Å². The second-order valence-electron chi connectivity index (χ2n) is 4.15. The van der Waals surface area contributed by atoms with Gasteiger partial charge in [0.1, 0.15) is 0 Å². The summed E-state index contributed by atoms with van der Waals surface area (Å²) in [5, 5.41) is 8.64. The number of carboxylic acid groups (broad SMARTS) is 1. The maximum absolute atomic E-state index is 10.5. The van der Waals surface area contributed by atoms with E-state index in [0.717, 1.165) is 12.8 Å². The van der Waals surface area contributed by atoms with E-state index in [2.05, 4.69) is 0 Å². The number of carbonyl (C=O) groups is 1. The van der Waals surface area contributed by atoms with Crippen LogP contribution >= 0.6 is 12.2 Å². The van der Waals surface area contributed by atoms with Gasteiger partial charge < -0.3 is 15.7 Å². The molecule has 0 atom stereocenters. The topological polar surface area (TPSA) is 66.6 Å². The summed E-state index contributed by atoms with van der Waals surface area (Å²) in [6.07, 6.45) is 1.14. The molecule has 72 valence electrons. The average molecular weight is 200 g/mol. The van der Waals surface area contributed by atoms with Crippen molar-refractivity contribution >= 4 is 23.3 Å². The molecule has 0 unspecified atom stereocenters. The van der Waals surface area contributed by atoms with Gasteiger partial charge in [-0.25, -0.2) is 4.79 Å². The molecule has 5 heteroatoms. The molecule has 0 bridgehead atoms. The Balaban J connectivity index is 1.82. The van der Waals surface area contributed by atoms with Crippen LogP contribution in [0.3, 0.4) is 0 Å². The molecule has 0 aromatic rings. The van der Waals surface area contributed by atoms with Crippen LogP contribution in [-0.2, 0) is 0 Å². The van der Waals surface area contributed by atoms with Crippen molar-refractivity contribution < 1.29 is 9.90 Å². The molecule has 1 aliphatic carbocycles. The number of rotatable bonds is 1. The van der Waals surface area contributed by atoms with Crippen molar-refractivity contribution in [1.82, 2.24) is 4.90 Å². The van der Waals surface area contributed by atoms with Gasteiger partial charge in [-0.2, -0.15) is 0 Å². The highest BCUT2D eigenvalue weighted by Crippen LogP contribution is 2.51. The first-order chi connectivity index (χ1) is 6.02. The second kappa shape index (κ2) is 2.57. The summed E-state index contributed by atoms with van der Waals surface area (Å²) < 4.78 is 0. The summed E-state index contributed by atoms with van der Waals surface area (Å²) in [4.78, 5) is 12.5. The molecule has 1 aliphatic heterocycles. The SMILES string of the molecule is NC(=S)C1CC2(C1)CN(C(=O)O)C2. The number of amides is 1. The van der Waals surface area contributed by atoms with Gasteiger partial charge in [-0.3, -0.25) is 0 Å². The van der Waals surface area contributed by atoms with E-state index in [0.29, 0.717) is 24.0 Å². The molecule has 0 aromatic carbocycles. The predicted octanol–water partition coefficient (Wildman–Crippen LogP) is 0.663. The van der Waals surface area contributed by atoms with Crippen LogP contribution in [0, 0.1) is 11.3 Å². The van der Waals surface area contributed by atoms with Crippen molar-refractivity contribution in [2.75, 3.05) is 13.1 Å². The molecule has 1 spiro atoms. The molecule has 13 heavy (non-hydrogen) atoms. The highest BCUT2D eigenvalue weighted by Gasteiger charge is 2.54. The van der Waals surface area contributed by atoms with Crippen LogP contribution in [0.4, 0.5) is 4.79 Å². The Hall–Kier alpha value is -0.840. The van der Waals surface area contributed by atoms with Crippen molar-refractivity contribution in [3.63, 3.8) is 0 Å². The highest BCUT2D eigenvalue weighted by atomic mass is 32.1. The Bertz CT molecular complexity index is 236. The van der Waals surface area contributed by atoms with Crippen LogP contribution in [0.25, 0.3) is 0 Å². The number of likely N-dealkylation sites (tertiary alicyclic amines) is 1. The van der Waals surface area contributed by atoms with E-state index < -0.39 is 6.09 Å². The molecular formula is C8H12N2O2S. The molecule has 0 radical (unpaired) electrons. The second-order valence-corrected chi connectivity index (χ2v) is 4.62. The number of hydrogen-bond acceptors (Lipinski definition) is 2. The van der Waals surface area contributed by atoms with Crippen LogP contribution < -0.4 is 5.73 Å². The Kier molecular flexibility index (Phi) is 1.73. The third kappa shape index (κ3) is 1.27. The quantitative estimate of drug-likeness (QED) is 0.610. The van der Waals surface area contributed by atoms with Gasteiger partial charge in [-0.05, 0) is 12.8 Å². The summed E-state index contributed by atoms with van der Waals surface area (Å²) >= 11 is 4.87. The molecule has 2 aliphatic rings. The molecule has 1 saturated carbocycles. The molecule has 0 aromatic heterocycles. The smallest absolute Gasteiger partial charge is 0.407 e. The van der Waals surface area contributed by atoms with Gasteiger partial charge in [0.15, 0.2) is 0 Å². The lowest BCUT2D eigenvalue weighted by molar-refractivity contribution is -0.0616. The predicted molar refractivity (Wildman–Crippen MR) is 51.5 cm³/mol. The number of nitrogens with two attached hydrogens (primary N) is 1. The average Bonchev–Trinajstić information content (AvgIpc) is 1.78. The maximum Gasteiger partial charge on any atom is 0.407 e. The lowest BCUT2D eigenvalue weighted by Crippen LogP contribution is -2.64. The molecular weight excluding hydrogens is 188 g/mol. The summed E-state index contributed by atoms with van der Waals surface area (Å²) in [6, 6.07) is 0. The van der Waals surface area contributed by atoms with E-state index in [4.69, 9.17) is 23.1 Å².